The van der Waals surface area contributed by atoms with Gasteiger partial charge in [0.1, 0.15) is 0 Å². The van der Waals surface area contributed by atoms with E-state index in [1.54, 1.807) is 18.0 Å². The number of carbonyl (C=O) groups excluding carboxylic acids is 2. The molecule has 2 rings (SSSR count). The highest BCUT2D eigenvalue weighted by Gasteiger charge is 2.12. The molecule has 1 N–H and O–H groups in total. The Labute approximate surface area is 155 Å². The fourth-order valence-electron chi connectivity index (χ4n) is 2.54. The van der Waals surface area contributed by atoms with Crippen molar-refractivity contribution in [1.29, 1.82) is 0 Å². The Morgan fingerprint density at radius 2 is 1.58 bits per heavy atom. The van der Waals surface area contributed by atoms with Gasteiger partial charge in [-0.05, 0) is 54.8 Å². The molecule has 0 saturated heterocycles. The smallest absolute Gasteiger partial charge is 0.251 e. The van der Waals surface area contributed by atoms with Crippen molar-refractivity contribution in [3.05, 3.63) is 64.7 Å². The van der Waals surface area contributed by atoms with E-state index in [1.807, 2.05) is 69.2 Å². The predicted octanol–water partition coefficient (Wildman–Crippen LogP) is 2.76. The van der Waals surface area contributed by atoms with Crippen LogP contribution in [0.1, 0.15) is 27.0 Å². The van der Waals surface area contributed by atoms with Crippen molar-refractivity contribution in [2.45, 2.75) is 20.4 Å². The molecule has 0 aromatic heterocycles. The van der Waals surface area contributed by atoms with Crippen LogP contribution in [0.25, 0.3) is 0 Å². The molecule has 2 aromatic rings. The minimum atomic E-state index is -0.231. The molecule has 0 fully saturated rings. The third-order valence-corrected chi connectivity index (χ3v) is 4.47. The molecule has 0 unspecified atom stereocenters. The molecular formula is C21H27N3O2. The van der Waals surface area contributed by atoms with Crippen molar-refractivity contribution < 1.29 is 9.59 Å². The number of benzene rings is 2. The van der Waals surface area contributed by atoms with Gasteiger partial charge in [0.25, 0.3) is 5.91 Å². The first kappa shape index (κ1) is 19.5. The van der Waals surface area contributed by atoms with Crippen LogP contribution < -0.4 is 10.2 Å². The summed E-state index contributed by atoms with van der Waals surface area (Å²) in [6.07, 6.45) is 0. The topological polar surface area (TPSA) is 52.7 Å². The van der Waals surface area contributed by atoms with Gasteiger partial charge in [0, 0.05) is 38.9 Å². The Kier molecular flexibility index (Phi) is 6.39. The fraction of sp³-hybridized carbons (Fsp3) is 0.333. The van der Waals surface area contributed by atoms with Gasteiger partial charge in [-0.3, -0.25) is 9.59 Å². The van der Waals surface area contributed by atoms with Crippen LogP contribution in [-0.2, 0) is 11.3 Å². The van der Waals surface area contributed by atoms with Crippen LogP contribution in [0.4, 0.5) is 5.69 Å². The lowest BCUT2D eigenvalue weighted by Gasteiger charge is -2.19. The van der Waals surface area contributed by atoms with E-state index in [9.17, 15) is 9.59 Å². The summed E-state index contributed by atoms with van der Waals surface area (Å²) in [6.45, 7) is 4.46. The number of anilines is 1. The maximum Gasteiger partial charge on any atom is 0.251 e. The summed E-state index contributed by atoms with van der Waals surface area (Å²) in [5.41, 5.74) is 4.93. The van der Waals surface area contributed by atoms with E-state index in [-0.39, 0.29) is 18.4 Å². The summed E-state index contributed by atoms with van der Waals surface area (Å²) in [4.78, 5) is 28.1. The van der Waals surface area contributed by atoms with E-state index in [2.05, 4.69) is 5.32 Å². The second-order valence-electron chi connectivity index (χ2n) is 6.79. The van der Waals surface area contributed by atoms with Crippen molar-refractivity contribution in [2.75, 3.05) is 32.6 Å². The zero-order chi connectivity index (χ0) is 19.3. The minimum Gasteiger partial charge on any atom is -0.378 e. The normalized spacial score (nSPS) is 10.3. The Bertz CT molecular complexity index is 782. The van der Waals surface area contributed by atoms with Crippen molar-refractivity contribution in [3.8, 4) is 0 Å². The van der Waals surface area contributed by atoms with E-state index in [4.69, 9.17) is 0 Å². The summed E-state index contributed by atoms with van der Waals surface area (Å²) in [6, 6.07) is 13.6. The quantitative estimate of drug-likeness (QED) is 0.869. The van der Waals surface area contributed by atoms with Crippen LogP contribution in [-0.4, -0.2) is 44.4 Å². The summed E-state index contributed by atoms with van der Waals surface area (Å²) in [7, 11) is 5.72. The third kappa shape index (κ3) is 5.09. The Morgan fingerprint density at radius 1 is 0.923 bits per heavy atom. The number of nitrogens with zero attached hydrogens (tertiary/aromatic N) is 2. The predicted molar refractivity (Wildman–Crippen MR) is 105 cm³/mol. The highest BCUT2D eigenvalue weighted by atomic mass is 16.2. The van der Waals surface area contributed by atoms with E-state index in [0.29, 0.717) is 12.1 Å². The molecule has 0 saturated carbocycles. The van der Waals surface area contributed by atoms with E-state index in [0.717, 1.165) is 22.4 Å². The van der Waals surface area contributed by atoms with Gasteiger partial charge in [0.2, 0.25) is 5.91 Å². The standard InChI is InChI=1S/C21H27N3O2/c1-15-6-9-18(12-16(15)2)21(26)22-13-20(25)24(5)14-17-7-10-19(11-8-17)23(3)4/h6-12H,13-14H2,1-5H3,(H,22,26). The first-order valence-corrected chi connectivity index (χ1v) is 8.63. The number of hydrogen-bond acceptors (Lipinski definition) is 3. The molecule has 0 bridgehead atoms. The number of hydrogen-bond donors (Lipinski definition) is 1. The molecule has 0 spiro atoms. The SMILES string of the molecule is Cc1ccc(C(=O)NCC(=O)N(C)Cc2ccc(N(C)C)cc2)cc1C. The van der Waals surface area contributed by atoms with Crippen LogP contribution in [0.15, 0.2) is 42.5 Å². The Morgan fingerprint density at radius 3 is 2.15 bits per heavy atom. The number of rotatable bonds is 6. The lowest BCUT2D eigenvalue weighted by Crippen LogP contribution is -2.37. The average molecular weight is 353 g/mol. The molecule has 0 aliphatic heterocycles. The third-order valence-electron chi connectivity index (χ3n) is 4.47. The number of amides is 2. The maximum atomic E-state index is 12.3. The van der Waals surface area contributed by atoms with Gasteiger partial charge in [-0.2, -0.15) is 0 Å². The number of carbonyl (C=O) groups is 2. The van der Waals surface area contributed by atoms with Crippen LogP contribution in [0.5, 0.6) is 0 Å². The van der Waals surface area contributed by atoms with Gasteiger partial charge in [-0.25, -0.2) is 0 Å². The fourth-order valence-corrected chi connectivity index (χ4v) is 2.54. The molecule has 0 heterocycles. The highest BCUT2D eigenvalue weighted by Crippen LogP contribution is 2.13. The summed E-state index contributed by atoms with van der Waals surface area (Å²) in [5.74, 6) is -0.357. The zero-order valence-corrected chi connectivity index (χ0v) is 16.2. The molecule has 5 nitrogen and oxygen atoms in total. The molecule has 26 heavy (non-hydrogen) atoms. The van der Waals surface area contributed by atoms with Gasteiger partial charge in [0.05, 0.1) is 6.54 Å². The summed E-state index contributed by atoms with van der Waals surface area (Å²) >= 11 is 0. The minimum absolute atomic E-state index is 0.0158. The van der Waals surface area contributed by atoms with Gasteiger partial charge in [0.15, 0.2) is 0 Å². The van der Waals surface area contributed by atoms with Crippen molar-refractivity contribution in [1.82, 2.24) is 10.2 Å². The number of nitrogens with one attached hydrogen (secondary N) is 1. The molecule has 0 radical (unpaired) electrons. The Balaban J connectivity index is 1.88. The van der Waals surface area contributed by atoms with E-state index < -0.39 is 0 Å². The molecule has 0 aliphatic rings. The van der Waals surface area contributed by atoms with Gasteiger partial charge < -0.3 is 15.1 Å². The monoisotopic (exact) mass is 353 g/mol. The van der Waals surface area contributed by atoms with Crippen LogP contribution >= 0.6 is 0 Å². The average Bonchev–Trinajstić information content (AvgIpc) is 2.62. The van der Waals surface area contributed by atoms with Crippen molar-refractivity contribution in [3.63, 3.8) is 0 Å². The van der Waals surface area contributed by atoms with Crippen molar-refractivity contribution in [2.24, 2.45) is 0 Å². The van der Waals surface area contributed by atoms with E-state index in [1.165, 1.54) is 0 Å². The molecular weight excluding hydrogens is 326 g/mol. The maximum absolute atomic E-state index is 12.3. The molecule has 2 aromatic carbocycles. The van der Waals surface area contributed by atoms with Gasteiger partial charge >= 0.3 is 0 Å². The zero-order valence-electron chi connectivity index (χ0n) is 16.2. The lowest BCUT2D eigenvalue weighted by molar-refractivity contribution is -0.129. The second-order valence-corrected chi connectivity index (χ2v) is 6.79. The number of likely N-dealkylation sites (N-methyl/N-ethyl adjacent to an activating group) is 1. The summed E-state index contributed by atoms with van der Waals surface area (Å²) < 4.78 is 0. The van der Waals surface area contributed by atoms with Crippen molar-refractivity contribution >= 4 is 17.5 Å². The molecule has 0 atom stereocenters. The molecule has 0 aliphatic carbocycles. The molecule has 138 valence electrons. The first-order valence-electron chi connectivity index (χ1n) is 8.63. The second kappa shape index (κ2) is 8.52. The van der Waals surface area contributed by atoms with Gasteiger partial charge in [-0.1, -0.05) is 18.2 Å². The Hall–Kier alpha value is -2.82. The van der Waals surface area contributed by atoms with Crippen LogP contribution in [0.2, 0.25) is 0 Å². The lowest BCUT2D eigenvalue weighted by atomic mass is 10.1. The largest absolute Gasteiger partial charge is 0.378 e. The molecule has 2 amide bonds. The van der Waals surface area contributed by atoms with Crippen LogP contribution in [0, 0.1) is 13.8 Å². The first-order chi connectivity index (χ1) is 12.3. The summed E-state index contributed by atoms with van der Waals surface area (Å²) in [5, 5.41) is 2.70. The van der Waals surface area contributed by atoms with Crippen LogP contribution in [0.3, 0.4) is 0 Å². The van der Waals surface area contributed by atoms with E-state index >= 15 is 0 Å². The number of aryl methyl sites for hydroxylation is 2. The molecule has 5 heteroatoms. The highest BCUT2D eigenvalue weighted by molar-refractivity contribution is 5.96. The van der Waals surface area contributed by atoms with Gasteiger partial charge in [-0.15, -0.1) is 0 Å².